The number of benzene rings is 1. The van der Waals surface area contributed by atoms with Gasteiger partial charge in [0.15, 0.2) is 0 Å². The SMILES string of the molecule is CCOc1ccccc1C(C)Nc1ccnc(Cl)c1. The van der Waals surface area contributed by atoms with Crippen LogP contribution in [0.5, 0.6) is 5.75 Å². The van der Waals surface area contributed by atoms with E-state index in [0.29, 0.717) is 11.8 Å². The Morgan fingerprint density at radius 1 is 1.32 bits per heavy atom. The standard InChI is InChI=1S/C15H17ClN2O/c1-3-19-14-7-5-4-6-13(14)11(2)18-12-8-9-17-15(16)10-12/h4-11H,3H2,1-2H3,(H,17,18). The number of rotatable bonds is 5. The summed E-state index contributed by atoms with van der Waals surface area (Å²) >= 11 is 5.88. The number of para-hydroxylation sites is 1. The Hall–Kier alpha value is -1.74. The van der Waals surface area contributed by atoms with E-state index in [9.17, 15) is 0 Å². The van der Waals surface area contributed by atoms with Crippen molar-refractivity contribution in [1.82, 2.24) is 4.98 Å². The van der Waals surface area contributed by atoms with Gasteiger partial charge in [0.2, 0.25) is 0 Å². The molecule has 2 aromatic rings. The molecule has 0 bridgehead atoms. The minimum Gasteiger partial charge on any atom is -0.494 e. The second kappa shape index (κ2) is 6.43. The van der Waals surface area contributed by atoms with Gasteiger partial charge < -0.3 is 10.1 Å². The molecule has 0 saturated carbocycles. The lowest BCUT2D eigenvalue weighted by Crippen LogP contribution is -2.09. The third-order valence-electron chi connectivity index (χ3n) is 2.80. The van der Waals surface area contributed by atoms with Gasteiger partial charge in [-0.3, -0.25) is 0 Å². The Bertz CT molecular complexity index is 545. The first-order chi connectivity index (χ1) is 9.20. The molecule has 2 rings (SSSR count). The summed E-state index contributed by atoms with van der Waals surface area (Å²) in [6, 6.07) is 11.9. The largest absolute Gasteiger partial charge is 0.494 e. The molecule has 19 heavy (non-hydrogen) atoms. The number of nitrogens with one attached hydrogen (secondary N) is 1. The molecule has 0 saturated heterocycles. The number of hydrogen-bond acceptors (Lipinski definition) is 3. The van der Waals surface area contributed by atoms with Crippen molar-refractivity contribution in [2.45, 2.75) is 19.9 Å². The summed E-state index contributed by atoms with van der Waals surface area (Å²) in [7, 11) is 0. The van der Waals surface area contributed by atoms with Crippen molar-refractivity contribution >= 4 is 17.3 Å². The van der Waals surface area contributed by atoms with E-state index in [0.717, 1.165) is 17.0 Å². The van der Waals surface area contributed by atoms with Crippen molar-refractivity contribution in [3.8, 4) is 5.75 Å². The van der Waals surface area contributed by atoms with E-state index in [1.54, 1.807) is 12.3 Å². The summed E-state index contributed by atoms with van der Waals surface area (Å²) < 4.78 is 5.64. The maximum atomic E-state index is 5.88. The summed E-state index contributed by atoms with van der Waals surface area (Å²) in [5.74, 6) is 0.908. The lowest BCUT2D eigenvalue weighted by atomic mass is 10.1. The van der Waals surface area contributed by atoms with Crippen molar-refractivity contribution in [3.63, 3.8) is 0 Å². The predicted molar refractivity (Wildman–Crippen MR) is 78.9 cm³/mol. The molecule has 0 radical (unpaired) electrons. The molecule has 1 aromatic heterocycles. The first-order valence-corrected chi connectivity index (χ1v) is 6.68. The number of pyridine rings is 1. The molecule has 100 valence electrons. The maximum absolute atomic E-state index is 5.88. The Morgan fingerprint density at radius 3 is 2.84 bits per heavy atom. The van der Waals surface area contributed by atoms with E-state index in [1.807, 2.05) is 31.2 Å². The van der Waals surface area contributed by atoms with E-state index in [4.69, 9.17) is 16.3 Å². The topological polar surface area (TPSA) is 34.1 Å². The van der Waals surface area contributed by atoms with Crippen LogP contribution in [0.3, 0.4) is 0 Å². The molecule has 0 amide bonds. The van der Waals surface area contributed by atoms with Crippen LogP contribution in [-0.4, -0.2) is 11.6 Å². The summed E-state index contributed by atoms with van der Waals surface area (Å²) in [5.41, 5.74) is 2.07. The lowest BCUT2D eigenvalue weighted by Gasteiger charge is -2.19. The number of anilines is 1. The molecule has 0 fully saturated rings. The number of halogens is 1. The quantitative estimate of drug-likeness (QED) is 0.827. The molecule has 1 aromatic carbocycles. The second-order valence-corrected chi connectivity index (χ2v) is 4.59. The first-order valence-electron chi connectivity index (χ1n) is 6.30. The highest BCUT2D eigenvalue weighted by molar-refractivity contribution is 6.29. The van der Waals surface area contributed by atoms with E-state index in [1.165, 1.54) is 0 Å². The van der Waals surface area contributed by atoms with Gasteiger partial charge in [0.25, 0.3) is 0 Å². The molecule has 1 N–H and O–H groups in total. The predicted octanol–water partition coefficient (Wildman–Crippen LogP) is 4.31. The van der Waals surface area contributed by atoms with E-state index in [-0.39, 0.29) is 6.04 Å². The zero-order valence-electron chi connectivity index (χ0n) is 11.1. The molecule has 1 unspecified atom stereocenters. The number of hydrogen-bond donors (Lipinski definition) is 1. The summed E-state index contributed by atoms with van der Waals surface area (Å²) in [5, 5.41) is 3.88. The van der Waals surface area contributed by atoms with Gasteiger partial charge in [0, 0.05) is 17.4 Å². The first kappa shape index (κ1) is 13.7. The second-order valence-electron chi connectivity index (χ2n) is 4.20. The van der Waals surface area contributed by atoms with Crippen molar-refractivity contribution in [2.24, 2.45) is 0 Å². The Balaban J connectivity index is 2.17. The summed E-state index contributed by atoms with van der Waals surface area (Å²) in [4.78, 5) is 3.97. The highest BCUT2D eigenvalue weighted by Crippen LogP contribution is 2.28. The summed E-state index contributed by atoms with van der Waals surface area (Å²) in [6.07, 6.45) is 1.69. The minimum absolute atomic E-state index is 0.126. The van der Waals surface area contributed by atoms with Gasteiger partial charge in [-0.2, -0.15) is 0 Å². The molecule has 0 aliphatic rings. The van der Waals surface area contributed by atoms with Gasteiger partial charge in [0.1, 0.15) is 10.9 Å². The molecule has 1 atom stereocenters. The van der Waals surface area contributed by atoms with Crippen molar-refractivity contribution in [2.75, 3.05) is 11.9 Å². The molecule has 0 spiro atoms. The number of nitrogens with zero attached hydrogens (tertiary/aromatic N) is 1. The fourth-order valence-electron chi connectivity index (χ4n) is 1.95. The van der Waals surface area contributed by atoms with Crippen LogP contribution in [0.1, 0.15) is 25.5 Å². The minimum atomic E-state index is 0.126. The fraction of sp³-hybridized carbons (Fsp3) is 0.267. The van der Waals surface area contributed by atoms with Gasteiger partial charge in [-0.15, -0.1) is 0 Å². The van der Waals surface area contributed by atoms with Crippen LogP contribution >= 0.6 is 11.6 Å². The number of aromatic nitrogens is 1. The van der Waals surface area contributed by atoms with Crippen molar-refractivity contribution in [3.05, 3.63) is 53.3 Å². The van der Waals surface area contributed by atoms with Crippen molar-refractivity contribution in [1.29, 1.82) is 0 Å². The monoisotopic (exact) mass is 276 g/mol. The third-order valence-corrected chi connectivity index (χ3v) is 3.00. The van der Waals surface area contributed by atoms with Crippen LogP contribution in [0.2, 0.25) is 5.15 Å². The highest BCUT2D eigenvalue weighted by atomic mass is 35.5. The fourth-order valence-corrected chi connectivity index (χ4v) is 2.12. The van der Waals surface area contributed by atoms with Gasteiger partial charge in [-0.25, -0.2) is 4.98 Å². The Morgan fingerprint density at radius 2 is 2.11 bits per heavy atom. The molecule has 1 heterocycles. The molecular formula is C15H17ClN2O. The van der Waals surface area contributed by atoms with Crippen molar-refractivity contribution < 1.29 is 4.74 Å². The molecule has 0 aliphatic carbocycles. The van der Waals surface area contributed by atoms with Crippen LogP contribution in [0, 0.1) is 0 Å². The Kier molecular flexibility index (Phi) is 4.63. The molecular weight excluding hydrogens is 260 g/mol. The van der Waals surface area contributed by atoms with Crippen LogP contribution in [0.15, 0.2) is 42.6 Å². The van der Waals surface area contributed by atoms with Crippen LogP contribution in [0.4, 0.5) is 5.69 Å². The highest BCUT2D eigenvalue weighted by Gasteiger charge is 2.11. The molecule has 0 aliphatic heterocycles. The van der Waals surface area contributed by atoms with E-state index in [2.05, 4.69) is 23.3 Å². The van der Waals surface area contributed by atoms with Gasteiger partial charge in [-0.05, 0) is 32.0 Å². The smallest absolute Gasteiger partial charge is 0.131 e. The van der Waals surface area contributed by atoms with Crippen LogP contribution < -0.4 is 10.1 Å². The molecule has 4 heteroatoms. The van der Waals surface area contributed by atoms with Gasteiger partial charge >= 0.3 is 0 Å². The Labute approximate surface area is 118 Å². The van der Waals surface area contributed by atoms with Crippen LogP contribution in [0.25, 0.3) is 0 Å². The average molecular weight is 277 g/mol. The normalized spacial score (nSPS) is 11.9. The zero-order chi connectivity index (χ0) is 13.7. The van der Waals surface area contributed by atoms with E-state index < -0.39 is 0 Å². The summed E-state index contributed by atoms with van der Waals surface area (Å²) in [6.45, 7) is 4.73. The maximum Gasteiger partial charge on any atom is 0.131 e. The molecule has 3 nitrogen and oxygen atoms in total. The van der Waals surface area contributed by atoms with Gasteiger partial charge in [0.05, 0.1) is 12.6 Å². The van der Waals surface area contributed by atoms with Crippen LogP contribution in [-0.2, 0) is 0 Å². The van der Waals surface area contributed by atoms with Gasteiger partial charge in [-0.1, -0.05) is 29.8 Å². The van der Waals surface area contributed by atoms with E-state index >= 15 is 0 Å². The zero-order valence-corrected chi connectivity index (χ0v) is 11.8. The third kappa shape index (κ3) is 3.61. The average Bonchev–Trinajstić information content (AvgIpc) is 2.39. The lowest BCUT2D eigenvalue weighted by molar-refractivity contribution is 0.335. The number of ether oxygens (including phenoxy) is 1.